The van der Waals surface area contributed by atoms with Crippen molar-refractivity contribution < 1.29 is 15.0 Å². The lowest BCUT2D eigenvalue weighted by Crippen LogP contribution is -2.14. The summed E-state index contributed by atoms with van der Waals surface area (Å²) in [5, 5.41) is 32.7. The zero-order valence-electron chi connectivity index (χ0n) is 20.7. The van der Waals surface area contributed by atoms with E-state index in [2.05, 4.69) is 22.3 Å². The van der Waals surface area contributed by atoms with Crippen LogP contribution in [0.2, 0.25) is 5.02 Å². The molecule has 3 aromatic rings. The van der Waals surface area contributed by atoms with Gasteiger partial charge < -0.3 is 10.2 Å². The number of hydrogen-bond acceptors (Lipinski definition) is 4. The summed E-state index contributed by atoms with van der Waals surface area (Å²) in [6.45, 7) is 8.32. The number of halogens is 1. The van der Waals surface area contributed by atoms with Crippen LogP contribution in [0.3, 0.4) is 0 Å². The number of hydrogen-bond donors (Lipinski definition) is 3. The van der Waals surface area contributed by atoms with Crippen molar-refractivity contribution in [1.29, 1.82) is 0 Å². The molecule has 0 amide bonds. The van der Waals surface area contributed by atoms with Gasteiger partial charge in [-0.25, -0.2) is 0 Å². The lowest BCUT2D eigenvalue weighted by Gasteiger charge is -2.27. The van der Waals surface area contributed by atoms with Crippen molar-refractivity contribution in [2.75, 3.05) is 0 Å². The Morgan fingerprint density at radius 3 is 2.41 bits per heavy atom. The standard InChI is InChI=1S/C27H36ClN3O3/c1-5-6-7-8-9-10-11-18-17(12-15-22(32)33)16-19(27(2,3)4)26(34)23(18)24-20(28)13-14-21-25(24)30-31-29-21/h13-14,16,34H,5-12,15H2,1-4H3,(H,32,33)(H,29,30,31). The fourth-order valence-electron chi connectivity index (χ4n) is 4.57. The molecule has 0 aliphatic rings. The molecule has 0 aliphatic carbocycles. The van der Waals surface area contributed by atoms with Gasteiger partial charge in [-0.1, -0.05) is 77.5 Å². The van der Waals surface area contributed by atoms with Crippen molar-refractivity contribution >= 4 is 28.6 Å². The molecule has 1 heterocycles. The number of nitrogens with one attached hydrogen (secondary N) is 1. The normalized spacial score (nSPS) is 11.9. The monoisotopic (exact) mass is 485 g/mol. The molecule has 0 unspecified atom stereocenters. The van der Waals surface area contributed by atoms with Crippen LogP contribution < -0.4 is 0 Å². The van der Waals surface area contributed by atoms with E-state index in [9.17, 15) is 15.0 Å². The fourth-order valence-corrected chi connectivity index (χ4v) is 4.81. The summed E-state index contributed by atoms with van der Waals surface area (Å²) >= 11 is 6.72. The quantitative estimate of drug-likeness (QED) is 0.249. The number of carboxylic acid groups (broad SMARTS) is 1. The molecule has 0 aliphatic heterocycles. The Hall–Kier alpha value is -2.60. The van der Waals surface area contributed by atoms with Crippen LogP contribution in [0.4, 0.5) is 0 Å². The second kappa shape index (κ2) is 11.2. The molecule has 34 heavy (non-hydrogen) atoms. The van der Waals surface area contributed by atoms with Crippen LogP contribution in [0.5, 0.6) is 5.75 Å². The van der Waals surface area contributed by atoms with Crippen molar-refractivity contribution in [1.82, 2.24) is 15.4 Å². The van der Waals surface area contributed by atoms with E-state index >= 15 is 0 Å². The van der Waals surface area contributed by atoms with Crippen LogP contribution in [0.15, 0.2) is 18.2 Å². The maximum atomic E-state index is 11.6. The van der Waals surface area contributed by atoms with E-state index < -0.39 is 5.97 Å². The van der Waals surface area contributed by atoms with Gasteiger partial charge in [0.2, 0.25) is 0 Å². The molecule has 0 fully saturated rings. The van der Waals surface area contributed by atoms with Crippen molar-refractivity contribution in [2.45, 2.75) is 90.9 Å². The number of aliphatic carboxylic acids is 1. The molecule has 2 aromatic carbocycles. The lowest BCUT2D eigenvalue weighted by atomic mass is 9.79. The molecule has 3 rings (SSSR count). The minimum Gasteiger partial charge on any atom is -0.507 e. The average Bonchev–Trinajstić information content (AvgIpc) is 3.24. The largest absolute Gasteiger partial charge is 0.507 e. The average molecular weight is 486 g/mol. The van der Waals surface area contributed by atoms with E-state index in [1.54, 1.807) is 12.1 Å². The van der Waals surface area contributed by atoms with Crippen molar-refractivity contribution in [3.8, 4) is 16.9 Å². The molecular weight excluding hydrogens is 450 g/mol. The first-order valence-corrected chi connectivity index (χ1v) is 12.6. The van der Waals surface area contributed by atoms with Crippen LogP contribution >= 0.6 is 11.6 Å². The number of carbonyl (C=O) groups is 1. The third-order valence-corrected chi connectivity index (χ3v) is 6.70. The van der Waals surface area contributed by atoms with Gasteiger partial charge in [-0.3, -0.25) is 4.79 Å². The van der Waals surface area contributed by atoms with Crippen molar-refractivity contribution in [3.63, 3.8) is 0 Å². The molecule has 0 spiro atoms. The number of carboxylic acids is 1. The molecule has 0 saturated heterocycles. The first-order chi connectivity index (χ1) is 16.1. The molecule has 0 atom stereocenters. The number of fused-ring (bicyclic) bond motifs is 1. The summed E-state index contributed by atoms with van der Waals surface area (Å²) < 4.78 is 0. The van der Waals surface area contributed by atoms with Crippen molar-refractivity contribution in [2.24, 2.45) is 0 Å². The molecule has 0 radical (unpaired) electrons. The van der Waals surface area contributed by atoms with Gasteiger partial charge in [0.1, 0.15) is 16.8 Å². The molecule has 6 nitrogen and oxygen atoms in total. The van der Waals surface area contributed by atoms with Gasteiger partial charge in [0.15, 0.2) is 0 Å². The van der Waals surface area contributed by atoms with Gasteiger partial charge in [-0.15, -0.1) is 0 Å². The Bertz CT molecular complexity index is 1150. The second-order valence-electron chi connectivity index (χ2n) is 10.1. The molecule has 3 N–H and O–H groups in total. The summed E-state index contributed by atoms with van der Waals surface area (Å²) in [5.41, 5.74) is 4.90. The maximum Gasteiger partial charge on any atom is 0.303 e. The number of unbranched alkanes of at least 4 members (excludes halogenated alkanes) is 5. The first-order valence-electron chi connectivity index (χ1n) is 12.2. The number of phenolic OH excluding ortho intramolecular Hbond substituents is 1. The minimum atomic E-state index is -0.839. The summed E-state index contributed by atoms with van der Waals surface area (Å²) in [6, 6.07) is 5.56. The number of rotatable bonds is 11. The van der Waals surface area contributed by atoms with Gasteiger partial charge in [-0.2, -0.15) is 15.4 Å². The number of aromatic nitrogens is 3. The van der Waals surface area contributed by atoms with Gasteiger partial charge >= 0.3 is 5.97 Å². The fraction of sp³-hybridized carbons (Fsp3) is 0.519. The Kier molecular flexibility index (Phi) is 8.58. The van der Waals surface area contributed by atoms with E-state index in [-0.39, 0.29) is 17.6 Å². The van der Waals surface area contributed by atoms with Crippen LogP contribution in [-0.4, -0.2) is 31.6 Å². The van der Waals surface area contributed by atoms with Gasteiger partial charge in [0.05, 0.1) is 5.02 Å². The Morgan fingerprint density at radius 2 is 1.74 bits per heavy atom. The van der Waals surface area contributed by atoms with Crippen molar-refractivity contribution in [3.05, 3.63) is 39.9 Å². The Labute approximate surface area is 206 Å². The Balaban J connectivity index is 2.20. The summed E-state index contributed by atoms with van der Waals surface area (Å²) in [4.78, 5) is 11.4. The third kappa shape index (κ3) is 5.90. The number of phenols is 1. The zero-order valence-corrected chi connectivity index (χ0v) is 21.4. The number of aromatic hydroxyl groups is 1. The maximum absolute atomic E-state index is 11.6. The number of aromatic amines is 1. The topological polar surface area (TPSA) is 99.1 Å². The van der Waals surface area contributed by atoms with E-state index in [1.807, 2.05) is 26.8 Å². The number of benzene rings is 2. The molecular formula is C27H36ClN3O3. The van der Waals surface area contributed by atoms with E-state index in [0.29, 0.717) is 33.6 Å². The molecule has 184 valence electrons. The number of H-pyrrole nitrogens is 1. The minimum absolute atomic E-state index is 0.0270. The van der Waals surface area contributed by atoms with Crippen LogP contribution in [-0.2, 0) is 23.1 Å². The highest BCUT2D eigenvalue weighted by Crippen LogP contribution is 2.47. The summed E-state index contributed by atoms with van der Waals surface area (Å²) in [7, 11) is 0. The highest BCUT2D eigenvalue weighted by atomic mass is 35.5. The third-order valence-electron chi connectivity index (χ3n) is 6.38. The zero-order chi connectivity index (χ0) is 24.9. The van der Waals surface area contributed by atoms with E-state index in [4.69, 9.17) is 11.6 Å². The lowest BCUT2D eigenvalue weighted by molar-refractivity contribution is -0.136. The second-order valence-corrected chi connectivity index (χ2v) is 10.5. The number of nitrogens with zero attached hydrogens (tertiary/aromatic N) is 2. The highest BCUT2D eigenvalue weighted by Gasteiger charge is 2.28. The van der Waals surface area contributed by atoms with Crippen LogP contribution in [0, 0.1) is 0 Å². The molecule has 1 aromatic heterocycles. The Morgan fingerprint density at radius 1 is 1.03 bits per heavy atom. The first kappa shape index (κ1) is 26.0. The van der Waals surface area contributed by atoms with Crippen LogP contribution in [0.1, 0.15) is 89.3 Å². The summed E-state index contributed by atoms with van der Waals surface area (Å²) in [6.07, 6.45) is 8.01. The highest BCUT2D eigenvalue weighted by molar-refractivity contribution is 6.35. The SMILES string of the molecule is CCCCCCCCc1c(CCC(=O)O)cc(C(C)(C)C)c(O)c1-c1c(Cl)ccc2n[nH]nc12. The van der Waals surface area contributed by atoms with Gasteiger partial charge in [-0.05, 0) is 47.9 Å². The van der Waals surface area contributed by atoms with Crippen LogP contribution in [0.25, 0.3) is 22.2 Å². The summed E-state index contributed by atoms with van der Waals surface area (Å²) in [5.74, 6) is -0.654. The smallest absolute Gasteiger partial charge is 0.303 e. The molecule has 0 saturated carbocycles. The predicted octanol–water partition coefficient (Wildman–Crippen LogP) is 7.20. The predicted molar refractivity (Wildman–Crippen MR) is 138 cm³/mol. The molecule has 0 bridgehead atoms. The molecule has 7 heteroatoms. The van der Waals surface area contributed by atoms with E-state index in [1.165, 1.54) is 25.7 Å². The van der Waals surface area contributed by atoms with E-state index in [0.717, 1.165) is 36.0 Å². The van der Waals surface area contributed by atoms with Gasteiger partial charge in [0, 0.05) is 23.1 Å². The van der Waals surface area contributed by atoms with Gasteiger partial charge in [0.25, 0.3) is 0 Å². The number of aryl methyl sites for hydroxylation is 1.